The van der Waals surface area contributed by atoms with Gasteiger partial charge in [0.25, 0.3) is 0 Å². The molecule has 0 saturated heterocycles. The third-order valence-corrected chi connectivity index (χ3v) is 0.722. The van der Waals surface area contributed by atoms with Gasteiger partial charge in [0, 0.05) is 11.9 Å². The van der Waals surface area contributed by atoms with Crippen LogP contribution >= 0.6 is 0 Å². The molecule has 0 fully saturated rings. The zero-order valence-electron chi connectivity index (χ0n) is 9.05. The molecule has 9 heavy (non-hydrogen) atoms. The van der Waals surface area contributed by atoms with E-state index in [4.69, 9.17) is 16.3 Å². The molecule has 0 spiro atoms. The Hall–Kier alpha value is -0.570. The Morgan fingerprint density at radius 3 is 2.78 bits per heavy atom. The van der Waals surface area contributed by atoms with E-state index in [1.807, 2.05) is 0 Å². The van der Waals surface area contributed by atoms with Gasteiger partial charge in [-0.2, -0.15) is 0 Å². The van der Waals surface area contributed by atoms with Crippen molar-refractivity contribution in [2.75, 3.05) is 6.50 Å². The van der Waals surface area contributed by atoms with Gasteiger partial charge in [-0.15, -0.1) is 0 Å². The molecule has 3 nitrogen and oxygen atoms in total. The van der Waals surface area contributed by atoms with E-state index in [2.05, 4.69) is 0 Å². The molecular weight excluding hydrogens is 118 g/mol. The minimum atomic E-state index is -1.94. The predicted molar refractivity (Wildman–Crippen MR) is 35.2 cm³/mol. The first kappa shape index (κ1) is 3.56. The number of hydrogen-bond acceptors (Lipinski definition) is 2. The van der Waals surface area contributed by atoms with Crippen LogP contribution in [0.4, 0.5) is 0 Å². The van der Waals surface area contributed by atoms with Gasteiger partial charge >= 0.3 is 5.97 Å². The maximum absolute atomic E-state index is 10.2. The van der Waals surface area contributed by atoms with Gasteiger partial charge < -0.3 is 10.8 Å². The lowest BCUT2D eigenvalue weighted by Gasteiger charge is -1.93. The lowest BCUT2D eigenvalue weighted by molar-refractivity contribution is -0.137. The molecule has 0 saturated carbocycles. The van der Waals surface area contributed by atoms with Crippen LogP contribution in [0.2, 0.25) is 0 Å². The monoisotopic (exact) mass is 135 g/mol. The van der Waals surface area contributed by atoms with Crippen molar-refractivity contribution in [3.8, 4) is 0 Å². The topological polar surface area (TPSA) is 63.3 Å². The maximum atomic E-state index is 10.2. The van der Waals surface area contributed by atoms with Crippen molar-refractivity contribution in [1.29, 1.82) is 0 Å². The van der Waals surface area contributed by atoms with E-state index in [0.29, 0.717) is 0 Å². The van der Waals surface area contributed by atoms with Gasteiger partial charge in [0.1, 0.15) is 0 Å². The first-order valence-electron chi connectivity index (χ1n) is 4.63. The molecule has 0 unspecified atom stereocenters. The minimum absolute atomic E-state index is 0.187. The van der Waals surface area contributed by atoms with E-state index in [0.717, 1.165) is 0 Å². The van der Waals surface area contributed by atoms with Crippen LogP contribution in [-0.2, 0) is 4.79 Å². The average Bonchev–Trinajstić information content (AvgIpc) is 1.79. The summed E-state index contributed by atoms with van der Waals surface area (Å²) in [6, 6.07) is 0. The first-order valence-corrected chi connectivity index (χ1v) is 2.63. The fourth-order valence-electron chi connectivity index (χ4n) is 0.356. The van der Waals surface area contributed by atoms with Crippen LogP contribution in [-0.4, -0.2) is 17.6 Å². The Bertz CT molecular complexity index is 190. The lowest BCUT2D eigenvalue weighted by Crippen LogP contribution is -1.99. The van der Waals surface area contributed by atoms with Gasteiger partial charge in [-0.3, -0.25) is 4.79 Å². The second kappa shape index (κ2) is 5.56. The Morgan fingerprint density at radius 1 is 1.67 bits per heavy atom. The second-order valence-electron chi connectivity index (χ2n) is 1.52. The summed E-state index contributed by atoms with van der Waals surface area (Å²) in [4.78, 5) is 10.2. The third-order valence-electron chi connectivity index (χ3n) is 0.722. The highest BCUT2D eigenvalue weighted by Crippen LogP contribution is 1.97. The summed E-state index contributed by atoms with van der Waals surface area (Å²) in [5.41, 5.74) is 4.99. The van der Waals surface area contributed by atoms with Gasteiger partial charge in [0.2, 0.25) is 0 Å². The molecule has 0 aromatic rings. The minimum Gasteiger partial charge on any atom is -0.481 e. The summed E-state index contributed by atoms with van der Waals surface area (Å²) >= 11 is 0. The molecule has 0 radical (unpaired) electrons. The van der Waals surface area contributed by atoms with E-state index in [-0.39, 0.29) is 12.8 Å². The van der Waals surface area contributed by atoms with Crippen molar-refractivity contribution in [1.82, 2.24) is 0 Å². The van der Waals surface area contributed by atoms with Crippen LogP contribution < -0.4 is 5.73 Å². The van der Waals surface area contributed by atoms with Crippen LogP contribution in [0.5, 0.6) is 0 Å². The normalized spacial score (nSPS) is 19.2. The zero-order chi connectivity index (χ0) is 10.7. The number of carboxylic acid groups (broad SMARTS) is 1. The van der Waals surface area contributed by atoms with Crippen molar-refractivity contribution in [2.45, 2.75) is 25.6 Å². The molecule has 0 aliphatic heterocycles. The Kier molecular flexibility index (Phi) is 2.20. The molecule has 0 rings (SSSR count). The first-order chi connectivity index (χ1) is 5.62. The Morgan fingerprint density at radius 2 is 2.33 bits per heavy atom. The van der Waals surface area contributed by atoms with Crippen LogP contribution in [0.25, 0.3) is 0 Å². The Balaban J connectivity index is 3.96. The molecule has 0 aliphatic carbocycles. The zero-order valence-corrected chi connectivity index (χ0v) is 5.05. The SMILES string of the molecule is [2H]C([2H])(N)CCC([2H])([2H])CC(=O)O. The van der Waals surface area contributed by atoms with Gasteiger partial charge in [0.15, 0.2) is 0 Å². The molecule has 0 aromatic carbocycles. The van der Waals surface area contributed by atoms with Crippen molar-refractivity contribution in [3.63, 3.8) is 0 Å². The molecule has 54 valence electrons. The molecule has 3 N–H and O–H groups in total. The number of nitrogens with two attached hydrogens (primary N) is 1. The number of hydrogen-bond donors (Lipinski definition) is 2. The van der Waals surface area contributed by atoms with Crippen LogP contribution in [0.3, 0.4) is 0 Å². The lowest BCUT2D eigenvalue weighted by atomic mass is 10.2. The summed E-state index contributed by atoms with van der Waals surface area (Å²) in [6.07, 6.45) is -2.89. The van der Waals surface area contributed by atoms with E-state index in [9.17, 15) is 4.79 Å². The quantitative estimate of drug-likeness (QED) is 0.580. The predicted octanol–water partition coefficient (Wildman–Crippen LogP) is 0.590. The molecule has 3 heteroatoms. The van der Waals surface area contributed by atoms with Gasteiger partial charge in [-0.1, -0.05) is 6.42 Å². The summed E-state index contributed by atoms with van der Waals surface area (Å²) in [6.45, 7) is -1.94. The summed E-state index contributed by atoms with van der Waals surface area (Å²) in [5.74, 6) is -1.23. The molecule has 0 aromatic heterocycles. The number of rotatable bonds is 5. The number of aliphatic carboxylic acids is 1. The Labute approximate surface area is 60.5 Å². The molecule has 0 heterocycles. The second-order valence-corrected chi connectivity index (χ2v) is 1.52. The van der Waals surface area contributed by atoms with Crippen molar-refractivity contribution < 1.29 is 15.4 Å². The standard InChI is InChI=1S/C6H13NO2/c7-5-3-1-2-4-6(8)9/h1-5,7H2,(H,8,9)/i2D2,5D2. The fourth-order valence-corrected chi connectivity index (χ4v) is 0.356. The fraction of sp³-hybridized carbons (Fsp3) is 0.833. The maximum Gasteiger partial charge on any atom is 0.303 e. The summed E-state index contributed by atoms with van der Waals surface area (Å²) < 4.78 is 28.2. The molecule has 0 aliphatic rings. The smallest absolute Gasteiger partial charge is 0.303 e. The van der Waals surface area contributed by atoms with Gasteiger partial charge in [-0.25, -0.2) is 0 Å². The summed E-state index contributed by atoms with van der Waals surface area (Å²) in [7, 11) is 0. The summed E-state index contributed by atoms with van der Waals surface area (Å²) in [5, 5.41) is 8.31. The van der Waals surface area contributed by atoms with Crippen LogP contribution in [0, 0.1) is 0 Å². The number of carboxylic acids is 1. The van der Waals surface area contributed by atoms with Crippen LogP contribution in [0.15, 0.2) is 0 Å². The van der Waals surface area contributed by atoms with Gasteiger partial charge in [0.05, 0.1) is 0 Å². The highest BCUT2D eigenvalue weighted by atomic mass is 16.4. The van der Waals surface area contributed by atoms with E-state index >= 15 is 0 Å². The molecular formula is C6H13NO2. The molecule has 0 atom stereocenters. The molecule has 0 amide bonds. The highest BCUT2D eigenvalue weighted by molar-refractivity contribution is 5.66. The van der Waals surface area contributed by atoms with Crippen molar-refractivity contribution >= 4 is 5.97 Å². The van der Waals surface area contributed by atoms with Crippen molar-refractivity contribution in [2.24, 2.45) is 5.73 Å². The van der Waals surface area contributed by atoms with E-state index in [1.54, 1.807) is 0 Å². The molecule has 0 bridgehead atoms. The van der Waals surface area contributed by atoms with Crippen LogP contribution in [0.1, 0.15) is 31.1 Å². The van der Waals surface area contributed by atoms with Crippen molar-refractivity contribution in [3.05, 3.63) is 0 Å². The van der Waals surface area contributed by atoms with E-state index in [1.165, 1.54) is 0 Å². The van der Waals surface area contributed by atoms with E-state index < -0.39 is 25.3 Å². The highest BCUT2D eigenvalue weighted by Gasteiger charge is 1.94. The average molecular weight is 135 g/mol. The number of carbonyl (C=O) groups is 1. The largest absolute Gasteiger partial charge is 0.481 e. The third kappa shape index (κ3) is 7.43. The van der Waals surface area contributed by atoms with Gasteiger partial charge in [-0.05, 0) is 19.3 Å².